The van der Waals surface area contributed by atoms with Crippen LogP contribution in [0.3, 0.4) is 0 Å². The van der Waals surface area contributed by atoms with E-state index >= 15 is 0 Å². The van der Waals surface area contributed by atoms with E-state index in [1.807, 2.05) is 86.6 Å². The first-order valence-electron chi connectivity index (χ1n) is 12.5. The summed E-state index contributed by atoms with van der Waals surface area (Å²) in [4.78, 5) is 0.322. The third kappa shape index (κ3) is 5.05. The highest BCUT2D eigenvalue weighted by atomic mass is 32.3. The third-order valence-electron chi connectivity index (χ3n) is 6.91. The van der Waals surface area contributed by atoms with E-state index in [2.05, 4.69) is 0 Å². The molecule has 1 unspecified atom stereocenters. The van der Waals surface area contributed by atoms with Crippen LogP contribution in [-0.2, 0) is 20.0 Å². The fourth-order valence-corrected chi connectivity index (χ4v) is 10.5. The van der Waals surface area contributed by atoms with E-state index in [-0.39, 0.29) is 9.79 Å². The molecule has 0 bridgehead atoms. The van der Waals surface area contributed by atoms with Gasteiger partial charge in [0.25, 0.3) is 20.0 Å². The number of benzene rings is 4. The molecule has 0 saturated carbocycles. The molecule has 0 spiro atoms. The Kier molecular flexibility index (Phi) is 7.47. The summed E-state index contributed by atoms with van der Waals surface area (Å²) in [6.07, 6.45) is 0. The van der Waals surface area contributed by atoms with Crippen LogP contribution >= 0.6 is 12.1 Å². The summed E-state index contributed by atoms with van der Waals surface area (Å²) in [5, 5.41) is 0. The summed E-state index contributed by atoms with van der Waals surface area (Å²) in [5.41, 5.74) is 4.20. The van der Waals surface area contributed by atoms with Crippen LogP contribution < -0.4 is 0 Å². The fourth-order valence-electron chi connectivity index (χ4n) is 4.87. The summed E-state index contributed by atoms with van der Waals surface area (Å²) >= 11 is 0.740. The molecule has 39 heavy (non-hydrogen) atoms. The summed E-state index contributed by atoms with van der Waals surface area (Å²) in [6.45, 7) is 7.19. The second kappa shape index (κ2) is 10.6. The number of nitrogens with zero attached hydrogens (tertiary/aromatic N) is 2. The maximum atomic E-state index is 14.4. The van der Waals surface area contributed by atoms with Crippen LogP contribution in [0, 0.1) is 27.7 Å². The average molecular weight is 579 g/mol. The Bertz CT molecular complexity index is 1600. The zero-order chi connectivity index (χ0) is 27.9. The van der Waals surface area contributed by atoms with Gasteiger partial charge in [0.1, 0.15) is 0 Å². The maximum Gasteiger partial charge on any atom is 0.254 e. The van der Waals surface area contributed by atoms with E-state index in [0.29, 0.717) is 22.3 Å². The smallest absolute Gasteiger partial charge is 0.206 e. The molecule has 6 nitrogen and oxygen atoms in total. The van der Waals surface area contributed by atoms with E-state index in [1.165, 1.54) is 7.42 Å². The van der Waals surface area contributed by atoms with E-state index in [0.717, 1.165) is 23.3 Å². The summed E-state index contributed by atoms with van der Waals surface area (Å²) < 4.78 is 60.1. The predicted molar refractivity (Wildman–Crippen MR) is 156 cm³/mol. The predicted octanol–water partition coefficient (Wildman–Crippen LogP) is 6.66. The van der Waals surface area contributed by atoms with Gasteiger partial charge in [0.15, 0.2) is 0 Å². The molecular weight excluding hydrogens is 549 g/mol. The van der Waals surface area contributed by atoms with Crippen molar-refractivity contribution in [3.05, 3.63) is 130 Å². The van der Waals surface area contributed by atoms with Gasteiger partial charge in [0.2, 0.25) is 0 Å². The molecule has 1 heterocycles. The summed E-state index contributed by atoms with van der Waals surface area (Å²) in [6, 6.07) is 27.4. The monoisotopic (exact) mass is 578 g/mol. The van der Waals surface area contributed by atoms with Gasteiger partial charge in [-0.2, -0.15) is 0 Å². The number of aryl methyl sites for hydroxylation is 4. The fraction of sp³-hybridized carbons (Fsp3) is 0.200. The molecule has 2 atom stereocenters. The first-order chi connectivity index (χ1) is 18.5. The topological polar surface area (TPSA) is 74.8 Å². The summed E-state index contributed by atoms with van der Waals surface area (Å²) in [5.74, 6) is 0. The van der Waals surface area contributed by atoms with Crippen LogP contribution in [-0.4, -0.2) is 24.3 Å². The van der Waals surface area contributed by atoms with Crippen molar-refractivity contribution in [2.24, 2.45) is 0 Å². The van der Waals surface area contributed by atoms with Gasteiger partial charge in [-0.15, -0.1) is 7.42 Å². The molecule has 0 aliphatic carbocycles. The minimum atomic E-state index is -4.13. The normalized spacial score (nSPS) is 18.9. The zero-order valence-corrected chi connectivity index (χ0v) is 24.6. The van der Waals surface area contributed by atoms with Crippen LogP contribution in [0.4, 0.5) is 0 Å². The van der Waals surface area contributed by atoms with Crippen LogP contribution in [0.2, 0.25) is 0 Å². The largest absolute Gasteiger partial charge is 0.254 e. The number of hydrogen-bond donors (Lipinski definition) is 0. The van der Waals surface area contributed by atoms with Gasteiger partial charge < -0.3 is 0 Å². The Labute approximate surface area is 235 Å². The molecule has 0 amide bonds. The number of rotatable bonds is 6. The third-order valence-corrected chi connectivity index (χ3v) is 12.7. The van der Waals surface area contributed by atoms with Gasteiger partial charge in [-0.05, 0) is 73.2 Å². The van der Waals surface area contributed by atoms with E-state index < -0.39 is 32.1 Å². The van der Waals surface area contributed by atoms with Gasteiger partial charge >= 0.3 is 0 Å². The van der Waals surface area contributed by atoms with Crippen LogP contribution in [0.5, 0.6) is 0 Å². The second-order valence-corrected chi connectivity index (χ2v) is 14.8. The number of sulfonamides is 2. The Morgan fingerprint density at radius 3 is 1.26 bits per heavy atom. The Hall–Kier alpha value is -2.95. The SMILES string of the molecule is Cc1ccc(C)c(S(=O)(=O)N2SN(S(=O)(=O)c3cc(C)ccc3C)[C@H](c3ccccc3)C2c2ccccc2)c1. The Morgan fingerprint density at radius 2 is 0.897 bits per heavy atom. The molecule has 1 saturated heterocycles. The first-order valence-corrected chi connectivity index (χ1v) is 16.1. The van der Waals surface area contributed by atoms with Crippen molar-refractivity contribution < 1.29 is 16.8 Å². The van der Waals surface area contributed by atoms with Gasteiger partial charge in [0, 0.05) is 12.1 Å². The Balaban J connectivity index is 1.78. The van der Waals surface area contributed by atoms with Crippen LogP contribution in [0.25, 0.3) is 0 Å². The lowest BCUT2D eigenvalue weighted by Crippen LogP contribution is -2.30. The van der Waals surface area contributed by atoms with E-state index in [1.54, 1.807) is 38.1 Å². The van der Waals surface area contributed by atoms with Gasteiger partial charge in [-0.3, -0.25) is 0 Å². The first kappa shape index (κ1) is 27.6. The van der Waals surface area contributed by atoms with Crippen LogP contribution in [0.1, 0.15) is 45.5 Å². The highest BCUT2D eigenvalue weighted by Gasteiger charge is 2.54. The molecule has 4 aromatic rings. The van der Waals surface area contributed by atoms with Gasteiger partial charge in [0.05, 0.1) is 21.9 Å². The molecule has 5 rings (SSSR count). The highest BCUT2D eigenvalue weighted by Crippen LogP contribution is 2.56. The molecule has 0 aromatic heterocycles. The van der Waals surface area contributed by atoms with E-state index in [9.17, 15) is 16.8 Å². The minimum absolute atomic E-state index is 0.161. The van der Waals surface area contributed by atoms with Crippen molar-refractivity contribution in [3.63, 3.8) is 0 Å². The van der Waals surface area contributed by atoms with Crippen molar-refractivity contribution in [1.82, 2.24) is 7.42 Å². The molecule has 1 aliphatic rings. The van der Waals surface area contributed by atoms with Gasteiger partial charge in [-0.1, -0.05) is 84.9 Å². The van der Waals surface area contributed by atoms with Crippen molar-refractivity contribution >= 4 is 32.2 Å². The molecule has 1 aliphatic heterocycles. The highest BCUT2D eigenvalue weighted by molar-refractivity contribution is 8.13. The van der Waals surface area contributed by atoms with Crippen molar-refractivity contribution in [3.8, 4) is 0 Å². The zero-order valence-electron chi connectivity index (χ0n) is 22.1. The molecule has 4 aromatic carbocycles. The minimum Gasteiger partial charge on any atom is -0.206 e. The molecular formula is C30H30N2O4S3. The standard InChI is InChI=1S/C30H30N2O4S3/c1-21-15-17-23(3)27(19-21)38(33,34)31-29(25-11-7-5-8-12-25)30(26-13-9-6-10-14-26)32(37-31)39(35,36)28-20-22(2)16-18-24(28)4/h5-20,29-30H,1-4H3/t29-,30?/m1/s1. The molecule has 202 valence electrons. The maximum absolute atomic E-state index is 14.4. The lowest BCUT2D eigenvalue weighted by molar-refractivity contribution is 0.377. The Morgan fingerprint density at radius 1 is 0.538 bits per heavy atom. The van der Waals surface area contributed by atoms with Crippen molar-refractivity contribution in [2.45, 2.75) is 49.6 Å². The number of hydrogen-bond acceptors (Lipinski definition) is 5. The second-order valence-electron chi connectivity index (χ2n) is 9.85. The van der Waals surface area contributed by atoms with Crippen molar-refractivity contribution in [2.75, 3.05) is 0 Å². The van der Waals surface area contributed by atoms with Crippen LogP contribution in [0.15, 0.2) is 107 Å². The summed E-state index contributed by atoms with van der Waals surface area (Å²) in [7, 11) is -8.27. The lowest BCUT2D eigenvalue weighted by atomic mass is 9.95. The molecule has 1 fully saturated rings. The lowest BCUT2D eigenvalue weighted by Gasteiger charge is -2.27. The molecule has 0 N–H and O–H groups in total. The quantitative estimate of drug-likeness (QED) is 0.239. The molecule has 9 heteroatoms. The van der Waals surface area contributed by atoms with Gasteiger partial charge in [-0.25, -0.2) is 16.8 Å². The average Bonchev–Trinajstić information content (AvgIpc) is 3.35. The van der Waals surface area contributed by atoms with Crippen molar-refractivity contribution in [1.29, 1.82) is 0 Å². The molecule has 0 radical (unpaired) electrons. The van der Waals surface area contributed by atoms with E-state index in [4.69, 9.17) is 0 Å².